The third kappa shape index (κ3) is 4.19. The molecule has 1 heterocycles. The van der Waals surface area contributed by atoms with Gasteiger partial charge >= 0.3 is 16.2 Å². The molecule has 0 spiro atoms. The number of nitrogens with two attached hydrogens (primary N) is 1. The van der Waals surface area contributed by atoms with E-state index in [-0.39, 0.29) is 36.7 Å². The highest BCUT2D eigenvalue weighted by Crippen LogP contribution is 2.31. The number of carbonyl (C=O) groups excluding carboxylic acids is 2. The second-order valence-corrected chi connectivity index (χ2v) is 6.69. The van der Waals surface area contributed by atoms with E-state index < -0.39 is 27.9 Å². The molecule has 1 atom stereocenters. The summed E-state index contributed by atoms with van der Waals surface area (Å²) in [6.45, 7) is 1.90. The molecule has 0 saturated carbocycles. The Kier molecular flexibility index (Phi) is 4.88. The van der Waals surface area contributed by atoms with Gasteiger partial charge in [-0.1, -0.05) is 0 Å². The van der Waals surface area contributed by atoms with Crippen molar-refractivity contribution in [2.75, 3.05) is 29.5 Å². The fourth-order valence-electron chi connectivity index (χ4n) is 2.53. The highest BCUT2D eigenvalue weighted by atomic mass is 32.3. The van der Waals surface area contributed by atoms with Gasteiger partial charge in [-0.2, -0.15) is 8.42 Å². The third-order valence-electron chi connectivity index (χ3n) is 3.47. The van der Waals surface area contributed by atoms with Gasteiger partial charge in [0.05, 0.1) is 29.3 Å². The summed E-state index contributed by atoms with van der Waals surface area (Å²) < 4.78 is 39.1. The summed E-state index contributed by atoms with van der Waals surface area (Å²) in [5.74, 6) is -2.29. The number of benzene rings is 1. The van der Waals surface area contributed by atoms with Crippen LogP contribution in [0.3, 0.4) is 0 Å². The number of hydrogen-bond donors (Lipinski definition) is 1. The van der Waals surface area contributed by atoms with Crippen LogP contribution < -0.4 is 10.6 Å². The number of rotatable bonds is 5. The Balaban J connectivity index is 2.26. The summed E-state index contributed by atoms with van der Waals surface area (Å²) in [5.41, 5.74) is 6.62. The lowest BCUT2D eigenvalue weighted by Gasteiger charge is -2.19. The number of carbonyl (C=O) groups is 2. The van der Waals surface area contributed by atoms with E-state index in [9.17, 15) is 21.9 Å². The zero-order chi connectivity index (χ0) is 17.2. The molecular weight excluding hydrogens is 327 g/mol. The van der Waals surface area contributed by atoms with E-state index in [0.29, 0.717) is 5.69 Å². The first-order valence-electron chi connectivity index (χ1n) is 7.00. The van der Waals surface area contributed by atoms with Crippen molar-refractivity contribution in [1.29, 1.82) is 0 Å². The Labute approximate surface area is 133 Å². The van der Waals surface area contributed by atoms with Crippen molar-refractivity contribution in [2.45, 2.75) is 13.3 Å². The molecule has 23 heavy (non-hydrogen) atoms. The van der Waals surface area contributed by atoms with Crippen LogP contribution in [-0.4, -0.2) is 39.2 Å². The maximum absolute atomic E-state index is 12.8. The highest BCUT2D eigenvalue weighted by Gasteiger charge is 2.34. The highest BCUT2D eigenvalue weighted by molar-refractivity contribution is 7.86. The van der Waals surface area contributed by atoms with Gasteiger partial charge in [-0.25, -0.2) is 4.79 Å². The lowest BCUT2D eigenvalue weighted by atomic mass is 10.1. The van der Waals surface area contributed by atoms with Gasteiger partial charge in [0.25, 0.3) is 0 Å². The van der Waals surface area contributed by atoms with Gasteiger partial charge in [-0.3, -0.25) is 4.79 Å². The van der Waals surface area contributed by atoms with E-state index in [1.807, 2.05) is 0 Å². The van der Waals surface area contributed by atoms with Crippen molar-refractivity contribution in [3.63, 3.8) is 0 Å². The first kappa shape index (κ1) is 17.2. The molecule has 0 bridgehead atoms. The molecular formula is C14H17FN2O5S. The second kappa shape index (κ2) is 6.53. The summed E-state index contributed by atoms with van der Waals surface area (Å²) in [6, 6.07) is 4.35. The molecule has 1 aromatic rings. The van der Waals surface area contributed by atoms with Crippen LogP contribution in [0.2, 0.25) is 0 Å². The van der Waals surface area contributed by atoms with Crippen molar-refractivity contribution < 1.29 is 26.6 Å². The predicted octanol–water partition coefficient (Wildman–Crippen LogP) is 1.10. The maximum atomic E-state index is 12.8. The zero-order valence-corrected chi connectivity index (χ0v) is 13.3. The average Bonchev–Trinajstić information content (AvgIpc) is 2.77. The summed E-state index contributed by atoms with van der Waals surface area (Å²) in [5, 5.41) is 0. The number of esters is 1. The minimum Gasteiger partial charge on any atom is -0.462 e. The van der Waals surface area contributed by atoms with Gasteiger partial charge in [0.1, 0.15) is 0 Å². The SMILES string of the molecule is CCOC(=O)c1ccc(N)c(N2CC(CS(=O)(=O)F)CC2=O)c1. The smallest absolute Gasteiger partial charge is 0.338 e. The van der Waals surface area contributed by atoms with Crippen LogP contribution in [0.4, 0.5) is 15.3 Å². The van der Waals surface area contributed by atoms with Crippen molar-refractivity contribution in [1.82, 2.24) is 0 Å². The van der Waals surface area contributed by atoms with Gasteiger partial charge < -0.3 is 15.4 Å². The predicted molar refractivity (Wildman–Crippen MR) is 82.2 cm³/mol. The van der Waals surface area contributed by atoms with Gasteiger partial charge in [0, 0.05) is 18.9 Å². The second-order valence-electron chi connectivity index (χ2n) is 5.27. The number of ether oxygens (including phenoxy) is 1. The van der Waals surface area contributed by atoms with Crippen LogP contribution in [0.15, 0.2) is 18.2 Å². The summed E-state index contributed by atoms with van der Waals surface area (Å²) in [6.07, 6.45) is -0.0910. The lowest BCUT2D eigenvalue weighted by molar-refractivity contribution is -0.117. The molecule has 0 aromatic heterocycles. The quantitative estimate of drug-likeness (QED) is 0.487. The Morgan fingerprint density at radius 2 is 2.17 bits per heavy atom. The van der Waals surface area contributed by atoms with E-state index in [1.54, 1.807) is 6.92 Å². The molecule has 9 heteroatoms. The van der Waals surface area contributed by atoms with Crippen LogP contribution in [-0.2, 0) is 19.8 Å². The maximum Gasteiger partial charge on any atom is 0.338 e. The number of halogens is 1. The average molecular weight is 344 g/mol. The first-order chi connectivity index (χ1) is 10.7. The minimum atomic E-state index is -4.66. The van der Waals surface area contributed by atoms with Crippen molar-refractivity contribution in [3.05, 3.63) is 23.8 Å². The van der Waals surface area contributed by atoms with E-state index in [1.165, 1.54) is 23.1 Å². The molecule has 2 N–H and O–H groups in total. The zero-order valence-electron chi connectivity index (χ0n) is 12.5. The Morgan fingerprint density at radius 3 is 2.78 bits per heavy atom. The van der Waals surface area contributed by atoms with E-state index in [4.69, 9.17) is 10.5 Å². The molecule has 1 saturated heterocycles. The number of hydrogen-bond acceptors (Lipinski definition) is 6. The molecule has 0 aliphatic carbocycles. The molecule has 0 radical (unpaired) electrons. The van der Waals surface area contributed by atoms with Crippen molar-refractivity contribution >= 4 is 33.5 Å². The van der Waals surface area contributed by atoms with E-state index in [0.717, 1.165) is 0 Å². The van der Waals surface area contributed by atoms with Crippen LogP contribution in [0, 0.1) is 5.92 Å². The van der Waals surface area contributed by atoms with Crippen molar-refractivity contribution in [2.24, 2.45) is 5.92 Å². The lowest BCUT2D eigenvalue weighted by Crippen LogP contribution is -2.26. The van der Waals surface area contributed by atoms with Gasteiger partial charge in [-0.15, -0.1) is 3.89 Å². The minimum absolute atomic E-state index is 0.0263. The largest absolute Gasteiger partial charge is 0.462 e. The van der Waals surface area contributed by atoms with Crippen LogP contribution in [0.5, 0.6) is 0 Å². The number of nitrogen functional groups attached to an aromatic ring is 1. The molecule has 1 aliphatic heterocycles. The van der Waals surface area contributed by atoms with Gasteiger partial charge in [0.15, 0.2) is 0 Å². The van der Waals surface area contributed by atoms with Crippen molar-refractivity contribution in [3.8, 4) is 0 Å². The first-order valence-corrected chi connectivity index (χ1v) is 8.56. The van der Waals surface area contributed by atoms with Gasteiger partial charge in [0.2, 0.25) is 5.91 Å². The summed E-state index contributed by atoms with van der Waals surface area (Å²) >= 11 is 0. The molecule has 126 valence electrons. The van der Waals surface area contributed by atoms with Crippen LogP contribution in [0.1, 0.15) is 23.7 Å². The fraction of sp³-hybridized carbons (Fsp3) is 0.429. The van der Waals surface area contributed by atoms with Crippen LogP contribution >= 0.6 is 0 Å². The number of amides is 1. The summed E-state index contributed by atoms with van der Waals surface area (Å²) in [4.78, 5) is 25.1. The van der Waals surface area contributed by atoms with E-state index in [2.05, 4.69) is 0 Å². The molecule has 1 unspecified atom stereocenters. The topological polar surface area (TPSA) is 107 Å². The Morgan fingerprint density at radius 1 is 1.48 bits per heavy atom. The molecule has 1 fully saturated rings. The fourth-order valence-corrected chi connectivity index (χ4v) is 3.31. The monoisotopic (exact) mass is 344 g/mol. The standard InChI is InChI=1S/C14H17FN2O5S/c1-2-22-14(19)10-3-4-11(16)12(6-10)17-7-9(5-13(17)18)8-23(15,20)21/h3-4,6,9H,2,5,7-8,16H2,1H3. The van der Waals surface area contributed by atoms with Gasteiger partial charge in [-0.05, 0) is 25.1 Å². The molecule has 7 nitrogen and oxygen atoms in total. The third-order valence-corrected chi connectivity index (χ3v) is 4.34. The molecule has 1 aromatic carbocycles. The Hall–Kier alpha value is -2.16. The number of anilines is 2. The Bertz CT molecular complexity index is 735. The molecule has 2 rings (SSSR count). The molecule has 1 aliphatic rings. The van der Waals surface area contributed by atoms with E-state index >= 15 is 0 Å². The normalized spacial score (nSPS) is 18.3. The van der Waals surface area contributed by atoms with Crippen LogP contribution in [0.25, 0.3) is 0 Å². The number of nitrogens with zero attached hydrogens (tertiary/aromatic N) is 1. The summed E-state index contributed by atoms with van der Waals surface area (Å²) in [7, 11) is -4.66. The molecule has 1 amide bonds.